The van der Waals surface area contributed by atoms with Crippen LogP contribution < -0.4 is 10.6 Å². The molecule has 1 heterocycles. The average molecular weight is 288 g/mol. The van der Waals surface area contributed by atoms with Gasteiger partial charge in [-0.15, -0.1) is 0 Å². The fraction of sp³-hybridized carbons (Fsp3) is 0.571. The maximum absolute atomic E-state index is 13.1. The number of hydrogen-bond donors (Lipinski definition) is 1. The van der Waals surface area contributed by atoms with Crippen molar-refractivity contribution >= 4 is 11.4 Å². The van der Waals surface area contributed by atoms with Crippen LogP contribution in [0.25, 0.3) is 0 Å². The minimum absolute atomic E-state index is 0.130. The third-order valence-electron chi connectivity index (χ3n) is 3.51. The largest absolute Gasteiger partial charge is 0.418 e. The summed E-state index contributed by atoms with van der Waals surface area (Å²) in [6, 6.07) is 3.97. The second-order valence-corrected chi connectivity index (χ2v) is 4.92. The lowest BCUT2D eigenvalue weighted by atomic mass is 10.0. The number of rotatable bonds is 3. The molecule has 0 amide bonds. The zero-order chi connectivity index (χ0) is 14.8. The minimum atomic E-state index is -4.39. The van der Waals surface area contributed by atoms with Gasteiger partial charge in [0.1, 0.15) is 0 Å². The SMILES string of the molecule is CCOC1CCN(c2ccc(N)cc2C(F)(F)F)CC1. The Labute approximate surface area is 116 Å². The highest BCUT2D eigenvalue weighted by Gasteiger charge is 2.35. The van der Waals surface area contributed by atoms with Crippen LogP contribution in [0.2, 0.25) is 0 Å². The van der Waals surface area contributed by atoms with Gasteiger partial charge in [0.25, 0.3) is 0 Å². The zero-order valence-corrected chi connectivity index (χ0v) is 11.4. The Morgan fingerprint density at radius 2 is 1.95 bits per heavy atom. The molecular formula is C14H19F3N2O. The van der Waals surface area contributed by atoms with Gasteiger partial charge in [-0.2, -0.15) is 13.2 Å². The molecule has 0 radical (unpaired) electrons. The van der Waals surface area contributed by atoms with Crippen LogP contribution in [0.15, 0.2) is 18.2 Å². The van der Waals surface area contributed by atoms with Crippen molar-refractivity contribution < 1.29 is 17.9 Å². The summed E-state index contributed by atoms with van der Waals surface area (Å²) in [4.78, 5) is 1.76. The molecule has 1 aliphatic heterocycles. The van der Waals surface area contributed by atoms with E-state index < -0.39 is 11.7 Å². The maximum atomic E-state index is 13.1. The summed E-state index contributed by atoms with van der Waals surface area (Å²) < 4.78 is 44.7. The van der Waals surface area contributed by atoms with Crippen LogP contribution in [0.3, 0.4) is 0 Å². The number of nitrogens with two attached hydrogens (primary N) is 1. The van der Waals surface area contributed by atoms with Gasteiger partial charge in [0.05, 0.1) is 11.7 Å². The van der Waals surface area contributed by atoms with Crippen molar-refractivity contribution in [3.63, 3.8) is 0 Å². The summed E-state index contributed by atoms with van der Waals surface area (Å²) >= 11 is 0. The number of anilines is 2. The molecule has 6 heteroatoms. The number of alkyl halides is 3. The molecule has 1 aliphatic rings. The van der Waals surface area contributed by atoms with Crippen LogP contribution in [0.4, 0.5) is 24.5 Å². The van der Waals surface area contributed by atoms with E-state index in [-0.39, 0.29) is 17.5 Å². The fourth-order valence-corrected chi connectivity index (χ4v) is 2.56. The average Bonchev–Trinajstić information content (AvgIpc) is 2.39. The Kier molecular flexibility index (Phi) is 4.42. The number of hydrogen-bond acceptors (Lipinski definition) is 3. The van der Waals surface area contributed by atoms with Crippen LogP contribution in [-0.4, -0.2) is 25.8 Å². The molecule has 0 bridgehead atoms. The summed E-state index contributed by atoms with van der Waals surface area (Å²) in [5.41, 5.74) is 5.16. The van der Waals surface area contributed by atoms with Gasteiger partial charge in [-0.05, 0) is 38.0 Å². The predicted octanol–water partition coefficient (Wildman–Crippen LogP) is 3.29. The van der Waals surface area contributed by atoms with Crippen LogP contribution in [-0.2, 0) is 10.9 Å². The van der Waals surface area contributed by atoms with E-state index in [1.54, 1.807) is 4.90 Å². The molecule has 3 nitrogen and oxygen atoms in total. The summed E-state index contributed by atoms with van der Waals surface area (Å²) in [5.74, 6) is 0. The van der Waals surface area contributed by atoms with Crippen LogP contribution >= 0.6 is 0 Å². The van der Waals surface area contributed by atoms with Crippen LogP contribution in [0, 0.1) is 0 Å². The van der Waals surface area contributed by atoms with Crippen molar-refractivity contribution in [1.82, 2.24) is 0 Å². The Morgan fingerprint density at radius 1 is 1.30 bits per heavy atom. The van der Waals surface area contributed by atoms with E-state index >= 15 is 0 Å². The molecule has 0 saturated carbocycles. The van der Waals surface area contributed by atoms with Gasteiger partial charge >= 0.3 is 6.18 Å². The van der Waals surface area contributed by atoms with Gasteiger partial charge in [0.2, 0.25) is 0 Å². The summed E-state index contributed by atoms with van der Waals surface area (Å²) in [6.07, 6.45) is -2.74. The molecule has 0 unspecified atom stereocenters. The predicted molar refractivity (Wildman–Crippen MR) is 72.7 cm³/mol. The Morgan fingerprint density at radius 3 is 2.50 bits per heavy atom. The quantitative estimate of drug-likeness (QED) is 0.867. The number of halogens is 3. The van der Waals surface area contributed by atoms with E-state index in [0.29, 0.717) is 19.7 Å². The first kappa shape index (κ1) is 15.0. The highest BCUT2D eigenvalue weighted by molar-refractivity contribution is 5.61. The minimum Gasteiger partial charge on any atom is -0.399 e. The number of nitrogens with zero attached hydrogens (tertiary/aromatic N) is 1. The fourth-order valence-electron chi connectivity index (χ4n) is 2.56. The molecule has 2 N–H and O–H groups in total. The van der Waals surface area contributed by atoms with Crippen LogP contribution in [0.1, 0.15) is 25.3 Å². The molecule has 0 atom stereocenters. The molecule has 1 aromatic carbocycles. The molecule has 20 heavy (non-hydrogen) atoms. The number of piperidine rings is 1. The number of ether oxygens (including phenoxy) is 1. The molecule has 112 valence electrons. The molecule has 0 spiro atoms. The van der Waals surface area contributed by atoms with Crippen molar-refractivity contribution in [2.45, 2.75) is 32.0 Å². The van der Waals surface area contributed by atoms with Gasteiger partial charge in [0.15, 0.2) is 0 Å². The maximum Gasteiger partial charge on any atom is 0.418 e. The summed E-state index contributed by atoms with van der Waals surface area (Å²) in [7, 11) is 0. The molecule has 0 aromatic heterocycles. The lowest BCUT2D eigenvalue weighted by molar-refractivity contribution is -0.137. The summed E-state index contributed by atoms with van der Waals surface area (Å²) in [6.45, 7) is 3.70. The zero-order valence-electron chi connectivity index (χ0n) is 11.4. The molecule has 0 aliphatic carbocycles. The highest BCUT2D eigenvalue weighted by Crippen LogP contribution is 2.38. The summed E-state index contributed by atoms with van der Waals surface area (Å²) in [5, 5.41) is 0. The van der Waals surface area contributed by atoms with E-state index in [1.807, 2.05) is 6.92 Å². The molecule has 1 saturated heterocycles. The lowest BCUT2D eigenvalue weighted by Gasteiger charge is -2.34. The van der Waals surface area contributed by atoms with Gasteiger partial charge in [-0.3, -0.25) is 0 Å². The van der Waals surface area contributed by atoms with Gasteiger partial charge in [-0.1, -0.05) is 0 Å². The van der Waals surface area contributed by atoms with Crippen LogP contribution in [0.5, 0.6) is 0 Å². The highest BCUT2D eigenvalue weighted by atomic mass is 19.4. The third-order valence-corrected chi connectivity index (χ3v) is 3.51. The molecular weight excluding hydrogens is 269 g/mol. The van der Waals surface area contributed by atoms with Crippen molar-refractivity contribution in [2.75, 3.05) is 30.3 Å². The molecule has 1 aromatic rings. The van der Waals surface area contributed by atoms with Crippen molar-refractivity contribution in [1.29, 1.82) is 0 Å². The Bertz CT molecular complexity index is 454. The Hall–Kier alpha value is -1.43. The van der Waals surface area contributed by atoms with Gasteiger partial charge in [-0.25, -0.2) is 0 Å². The second kappa shape index (κ2) is 5.91. The monoisotopic (exact) mass is 288 g/mol. The lowest BCUT2D eigenvalue weighted by Crippen LogP contribution is -2.38. The number of nitrogen functional groups attached to an aromatic ring is 1. The van der Waals surface area contributed by atoms with E-state index in [2.05, 4.69) is 0 Å². The van der Waals surface area contributed by atoms with Gasteiger partial charge in [0, 0.05) is 31.1 Å². The van der Waals surface area contributed by atoms with E-state index in [4.69, 9.17) is 10.5 Å². The van der Waals surface area contributed by atoms with Crippen molar-refractivity contribution in [2.24, 2.45) is 0 Å². The topological polar surface area (TPSA) is 38.5 Å². The second-order valence-electron chi connectivity index (χ2n) is 4.92. The van der Waals surface area contributed by atoms with E-state index in [1.165, 1.54) is 12.1 Å². The first-order chi connectivity index (χ1) is 9.41. The molecule has 2 rings (SSSR count). The molecule has 1 fully saturated rings. The first-order valence-corrected chi connectivity index (χ1v) is 6.75. The Balaban J connectivity index is 2.18. The van der Waals surface area contributed by atoms with E-state index in [0.717, 1.165) is 18.9 Å². The van der Waals surface area contributed by atoms with Crippen molar-refractivity contribution in [3.8, 4) is 0 Å². The standard InChI is InChI=1S/C14H19F3N2O/c1-2-20-11-5-7-19(8-6-11)13-4-3-10(18)9-12(13)14(15,16)17/h3-4,9,11H,2,5-8,18H2,1H3. The van der Waals surface area contributed by atoms with Crippen molar-refractivity contribution in [3.05, 3.63) is 23.8 Å². The van der Waals surface area contributed by atoms with E-state index in [9.17, 15) is 13.2 Å². The normalized spacial score (nSPS) is 17.5. The first-order valence-electron chi connectivity index (χ1n) is 6.75. The third kappa shape index (κ3) is 3.36. The smallest absolute Gasteiger partial charge is 0.399 e. The van der Waals surface area contributed by atoms with Gasteiger partial charge < -0.3 is 15.4 Å². The number of benzene rings is 1.